The first-order valence-electron chi connectivity index (χ1n) is 5.37. The van der Waals surface area contributed by atoms with Crippen molar-refractivity contribution >= 4 is 43.6 Å². The van der Waals surface area contributed by atoms with Crippen LogP contribution in [-0.4, -0.2) is 9.85 Å². The normalized spacial score (nSPS) is 10.2. The largest absolute Gasteiger partial charge is 0.381 e. The van der Waals surface area contributed by atoms with Crippen molar-refractivity contribution in [2.75, 3.05) is 5.32 Å². The van der Waals surface area contributed by atoms with Gasteiger partial charge < -0.3 is 5.32 Å². The Kier molecular flexibility index (Phi) is 4.30. The van der Waals surface area contributed by atoms with E-state index in [0.717, 1.165) is 16.9 Å². The molecular formula is C11H8BrN3O4S. The fourth-order valence-corrected chi connectivity index (χ4v) is 2.64. The smallest absolute Gasteiger partial charge is 0.324 e. The molecule has 0 aliphatic carbocycles. The topological polar surface area (TPSA) is 98.3 Å². The molecule has 0 unspecified atom stereocenters. The molecule has 1 aromatic carbocycles. The quantitative estimate of drug-likeness (QED) is 0.645. The SMILES string of the molecule is O=[N+]([O-])c1cc(CNc2ccc(Br)c([N+](=O)[O-])c2)cs1. The lowest BCUT2D eigenvalue weighted by Crippen LogP contribution is -1.99. The molecule has 0 aliphatic rings. The average molecular weight is 358 g/mol. The zero-order valence-electron chi connectivity index (χ0n) is 9.91. The van der Waals surface area contributed by atoms with Gasteiger partial charge in [0, 0.05) is 29.7 Å². The maximum Gasteiger partial charge on any atom is 0.324 e. The summed E-state index contributed by atoms with van der Waals surface area (Å²) in [5, 5.41) is 26.1. The standard InChI is InChI=1S/C11H8BrN3O4S/c12-9-2-1-8(4-10(9)14(16)17)13-5-7-3-11(15(18)19)20-6-7/h1-4,6,13H,5H2. The van der Waals surface area contributed by atoms with Gasteiger partial charge in [-0.25, -0.2) is 0 Å². The Morgan fingerprint density at radius 1 is 1.20 bits per heavy atom. The number of halogens is 1. The number of hydrogen-bond donors (Lipinski definition) is 1. The number of hydrogen-bond acceptors (Lipinski definition) is 6. The van der Waals surface area contributed by atoms with Gasteiger partial charge in [0.25, 0.3) is 5.69 Å². The van der Waals surface area contributed by atoms with Crippen molar-refractivity contribution in [1.82, 2.24) is 0 Å². The van der Waals surface area contributed by atoms with Crippen LogP contribution in [0.1, 0.15) is 5.56 Å². The Morgan fingerprint density at radius 2 is 1.95 bits per heavy atom. The minimum Gasteiger partial charge on any atom is -0.381 e. The molecule has 0 atom stereocenters. The van der Waals surface area contributed by atoms with Crippen LogP contribution in [0, 0.1) is 20.2 Å². The van der Waals surface area contributed by atoms with Gasteiger partial charge in [0.1, 0.15) is 0 Å². The van der Waals surface area contributed by atoms with Crippen LogP contribution < -0.4 is 5.32 Å². The van der Waals surface area contributed by atoms with Crippen molar-refractivity contribution in [3.63, 3.8) is 0 Å². The number of thiophene rings is 1. The van der Waals surface area contributed by atoms with E-state index in [-0.39, 0.29) is 10.7 Å². The van der Waals surface area contributed by atoms with Crippen molar-refractivity contribution < 1.29 is 9.85 Å². The lowest BCUT2D eigenvalue weighted by molar-refractivity contribution is -0.385. The molecule has 7 nitrogen and oxygen atoms in total. The Hall–Kier alpha value is -2.00. The maximum absolute atomic E-state index is 10.8. The van der Waals surface area contributed by atoms with E-state index in [2.05, 4.69) is 21.2 Å². The Bertz CT molecular complexity index is 673. The molecule has 1 N–H and O–H groups in total. The second-order valence-electron chi connectivity index (χ2n) is 3.83. The Balaban J connectivity index is 2.08. The minimum absolute atomic E-state index is 0.0358. The van der Waals surface area contributed by atoms with Gasteiger partial charge in [-0.2, -0.15) is 0 Å². The van der Waals surface area contributed by atoms with Crippen LogP contribution in [0.5, 0.6) is 0 Å². The molecule has 2 rings (SSSR count). The minimum atomic E-state index is -0.481. The summed E-state index contributed by atoms with van der Waals surface area (Å²) in [4.78, 5) is 20.4. The highest BCUT2D eigenvalue weighted by Gasteiger charge is 2.13. The van der Waals surface area contributed by atoms with Crippen molar-refractivity contribution in [2.24, 2.45) is 0 Å². The third-order valence-corrected chi connectivity index (χ3v) is 4.06. The molecule has 104 valence electrons. The number of nitrogens with zero attached hydrogens (tertiary/aromatic N) is 2. The van der Waals surface area contributed by atoms with Gasteiger partial charge in [0.15, 0.2) is 0 Å². The van der Waals surface area contributed by atoms with E-state index in [1.807, 2.05) is 0 Å². The van der Waals surface area contributed by atoms with E-state index in [9.17, 15) is 20.2 Å². The lowest BCUT2D eigenvalue weighted by atomic mass is 10.2. The van der Waals surface area contributed by atoms with E-state index in [4.69, 9.17) is 0 Å². The Morgan fingerprint density at radius 3 is 2.55 bits per heavy atom. The average Bonchev–Trinajstić information content (AvgIpc) is 2.86. The molecule has 0 saturated carbocycles. The van der Waals surface area contributed by atoms with Gasteiger partial charge in [-0.1, -0.05) is 11.3 Å². The van der Waals surface area contributed by atoms with Crippen LogP contribution >= 0.6 is 27.3 Å². The summed E-state index contributed by atoms with van der Waals surface area (Å²) in [5.74, 6) is 0. The molecule has 1 aromatic heterocycles. The molecule has 0 saturated heterocycles. The molecule has 2 aromatic rings. The summed E-state index contributed by atoms with van der Waals surface area (Å²) >= 11 is 4.15. The zero-order chi connectivity index (χ0) is 14.7. The number of benzene rings is 1. The van der Waals surface area contributed by atoms with E-state index in [1.165, 1.54) is 12.1 Å². The lowest BCUT2D eigenvalue weighted by Gasteiger charge is -2.05. The molecule has 0 spiro atoms. The maximum atomic E-state index is 10.8. The van der Waals surface area contributed by atoms with Crippen molar-refractivity contribution in [3.8, 4) is 0 Å². The van der Waals surface area contributed by atoms with E-state index in [0.29, 0.717) is 16.7 Å². The first kappa shape index (κ1) is 14.4. The molecule has 0 fully saturated rings. The number of rotatable bonds is 5. The predicted octanol–water partition coefficient (Wildman–Crippen LogP) is 3.94. The summed E-state index contributed by atoms with van der Waals surface area (Å²) in [7, 11) is 0. The third kappa shape index (κ3) is 3.31. The van der Waals surface area contributed by atoms with Crippen molar-refractivity contribution in [2.45, 2.75) is 6.54 Å². The molecule has 9 heteroatoms. The summed E-state index contributed by atoms with van der Waals surface area (Å²) < 4.78 is 0.402. The van der Waals surface area contributed by atoms with Gasteiger partial charge in [0.05, 0.1) is 14.3 Å². The van der Waals surface area contributed by atoms with E-state index in [1.54, 1.807) is 17.5 Å². The summed E-state index contributed by atoms with van der Waals surface area (Å²) in [6.45, 7) is 0.364. The van der Waals surface area contributed by atoms with Crippen LogP contribution in [0.2, 0.25) is 0 Å². The molecule has 20 heavy (non-hydrogen) atoms. The van der Waals surface area contributed by atoms with E-state index >= 15 is 0 Å². The molecule has 0 bridgehead atoms. The Labute approximate surface area is 125 Å². The highest BCUT2D eigenvalue weighted by Crippen LogP contribution is 2.28. The zero-order valence-corrected chi connectivity index (χ0v) is 12.3. The van der Waals surface area contributed by atoms with Crippen LogP contribution in [0.15, 0.2) is 34.1 Å². The van der Waals surface area contributed by atoms with Crippen LogP contribution in [0.3, 0.4) is 0 Å². The van der Waals surface area contributed by atoms with Gasteiger partial charge in [-0.3, -0.25) is 20.2 Å². The van der Waals surface area contributed by atoms with E-state index < -0.39 is 9.85 Å². The third-order valence-electron chi connectivity index (χ3n) is 2.46. The van der Waals surface area contributed by atoms with Gasteiger partial charge in [-0.05, 0) is 33.6 Å². The first-order chi connectivity index (χ1) is 9.47. The van der Waals surface area contributed by atoms with Crippen LogP contribution in [-0.2, 0) is 6.54 Å². The second kappa shape index (κ2) is 5.97. The fraction of sp³-hybridized carbons (Fsp3) is 0.0909. The molecule has 0 aliphatic heterocycles. The predicted molar refractivity (Wildman–Crippen MR) is 79.1 cm³/mol. The summed E-state index contributed by atoms with van der Waals surface area (Å²) in [6, 6.07) is 6.16. The summed E-state index contributed by atoms with van der Waals surface area (Å²) in [6.07, 6.45) is 0. The van der Waals surface area contributed by atoms with Crippen LogP contribution in [0.25, 0.3) is 0 Å². The molecular weight excluding hydrogens is 350 g/mol. The van der Waals surface area contributed by atoms with Gasteiger partial charge in [0.2, 0.25) is 0 Å². The monoisotopic (exact) mass is 357 g/mol. The summed E-state index contributed by atoms with van der Waals surface area (Å²) in [5.41, 5.74) is 1.30. The highest BCUT2D eigenvalue weighted by atomic mass is 79.9. The second-order valence-corrected chi connectivity index (χ2v) is 5.57. The van der Waals surface area contributed by atoms with Crippen LogP contribution in [0.4, 0.5) is 16.4 Å². The number of nitrogens with one attached hydrogen (secondary N) is 1. The van der Waals surface area contributed by atoms with Gasteiger partial charge >= 0.3 is 5.00 Å². The molecule has 0 radical (unpaired) electrons. The van der Waals surface area contributed by atoms with Crippen molar-refractivity contribution in [3.05, 3.63) is 59.9 Å². The number of nitro groups is 2. The number of nitro benzene ring substituents is 1. The van der Waals surface area contributed by atoms with Crippen molar-refractivity contribution in [1.29, 1.82) is 0 Å². The fourth-order valence-electron chi connectivity index (χ4n) is 1.52. The highest BCUT2D eigenvalue weighted by molar-refractivity contribution is 9.10. The first-order valence-corrected chi connectivity index (χ1v) is 7.04. The number of anilines is 1. The van der Waals surface area contributed by atoms with Gasteiger partial charge in [-0.15, -0.1) is 0 Å². The molecule has 0 amide bonds. The molecule has 1 heterocycles.